The van der Waals surface area contributed by atoms with E-state index in [4.69, 9.17) is 4.74 Å². The van der Waals surface area contributed by atoms with Gasteiger partial charge in [0.25, 0.3) is 0 Å². The van der Waals surface area contributed by atoms with E-state index in [9.17, 15) is 9.36 Å². The molecule has 0 radical (unpaired) electrons. The summed E-state index contributed by atoms with van der Waals surface area (Å²) in [6.45, 7) is 6.89. The van der Waals surface area contributed by atoms with Gasteiger partial charge >= 0.3 is 0 Å². The van der Waals surface area contributed by atoms with Crippen LogP contribution in [0, 0.1) is 13.8 Å². The van der Waals surface area contributed by atoms with Crippen LogP contribution in [0.25, 0.3) is 0 Å². The topological polar surface area (TPSA) is 43.4 Å². The van der Waals surface area contributed by atoms with Crippen LogP contribution in [-0.4, -0.2) is 12.1 Å². The van der Waals surface area contributed by atoms with Gasteiger partial charge in [-0.3, -0.25) is 4.79 Å². The van der Waals surface area contributed by atoms with Crippen LogP contribution in [-0.2, 0) is 15.9 Å². The van der Waals surface area contributed by atoms with E-state index in [-0.39, 0.29) is 5.52 Å². The number of carbonyl (C=O) groups excluding carboxylic acids is 1. The second-order valence-corrected chi connectivity index (χ2v) is 9.48. The van der Waals surface area contributed by atoms with Crippen molar-refractivity contribution in [3.63, 3.8) is 0 Å². The van der Waals surface area contributed by atoms with Crippen LogP contribution in [0.5, 0.6) is 0 Å². The van der Waals surface area contributed by atoms with Gasteiger partial charge in [-0.15, -0.1) is 0 Å². The van der Waals surface area contributed by atoms with E-state index in [1.807, 2.05) is 69.3 Å². The molecule has 3 aromatic rings. The van der Waals surface area contributed by atoms with Crippen molar-refractivity contribution in [1.29, 1.82) is 0 Å². The van der Waals surface area contributed by atoms with Crippen molar-refractivity contribution in [2.75, 3.05) is 6.61 Å². The fraction of sp³-hybridized carbons (Fsp3) is 0.208. The zero-order valence-corrected chi connectivity index (χ0v) is 17.4. The second-order valence-electron chi connectivity index (χ2n) is 6.83. The van der Waals surface area contributed by atoms with Gasteiger partial charge in [0.15, 0.2) is 0 Å². The smallest absolute Gasteiger partial charge is 0.230 e. The number of carbonyl (C=O) groups is 1. The van der Waals surface area contributed by atoms with E-state index in [0.29, 0.717) is 29.4 Å². The summed E-state index contributed by atoms with van der Waals surface area (Å²) < 4.78 is 19.8. The molecule has 0 amide bonds. The Balaban J connectivity index is 2.15. The van der Waals surface area contributed by atoms with Gasteiger partial charge < -0.3 is 9.30 Å². The molecule has 0 fully saturated rings. The first kappa shape index (κ1) is 20.3. The average Bonchev–Trinajstić information content (AvgIpc) is 2.72. The minimum Gasteiger partial charge on any atom is -0.377 e. The van der Waals surface area contributed by atoms with Gasteiger partial charge in [0, 0.05) is 22.8 Å². The Bertz CT molecular complexity index is 944. The van der Waals surface area contributed by atoms with E-state index >= 15 is 0 Å². The number of benzene rings is 3. The summed E-state index contributed by atoms with van der Waals surface area (Å²) in [5, 5.41) is 1.12. The van der Waals surface area contributed by atoms with Crippen LogP contribution >= 0.6 is 7.14 Å². The van der Waals surface area contributed by atoms with Crippen molar-refractivity contribution in [3.8, 4) is 0 Å². The van der Waals surface area contributed by atoms with Gasteiger partial charge in [0.2, 0.25) is 12.7 Å². The molecule has 0 aromatic heterocycles. The molecular formula is C24H25O3P. The summed E-state index contributed by atoms with van der Waals surface area (Å²) in [5.41, 5.74) is 2.89. The van der Waals surface area contributed by atoms with Gasteiger partial charge in [-0.1, -0.05) is 72.8 Å². The Hall–Kier alpha value is -2.48. The molecule has 3 rings (SSSR count). The minimum atomic E-state index is -3.50. The lowest BCUT2D eigenvalue weighted by Gasteiger charge is -2.21. The largest absolute Gasteiger partial charge is 0.377 e. The summed E-state index contributed by atoms with van der Waals surface area (Å²) in [7, 11) is -3.50. The monoisotopic (exact) mass is 392 g/mol. The van der Waals surface area contributed by atoms with Crippen LogP contribution < -0.4 is 10.6 Å². The van der Waals surface area contributed by atoms with E-state index in [2.05, 4.69) is 0 Å². The number of rotatable bonds is 7. The fourth-order valence-electron chi connectivity index (χ4n) is 3.51. The number of hydrogen-bond donors (Lipinski definition) is 0. The highest BCUT2D eigenvalue weighted by Gasteiger charge is 2.37. The first-order valence-electron chi connectivity index (χ1n) is 9.42. The second kappa shape index (κ2) is 8.68. The van der Waals surface area contributed by atoms with E-state index in [0.717, 1.165) is 16.7 Å². The molecule has 0 N–H and O–H groups in total. The number of ether oxygens (including phenoxy) is 1. The quantitative estimate of drug-likeness (QED) is 0.532. The first-order chi connectivity index (χ1) is 13.5. The van der Waals surface area contributed by atoms with Crippen LogP contribution in [0.2, 0.25) is 0 Å². The predicted molar refractivity (Wildman–Crippen MR) is 115 cm³/mol. The summed E-state index contributed by atoms with van der Waals surface area (Å²) in [6, 6.07) is 22.0. The van der Waals surface area contributed by atoms with Crippen LogP contribution in [0.4, 0.5) is 0 Å². The number of aryl methyl sites for hydroxylation is 2. The molecule has 0 heterocycles. The maximum absolute atomic E-state index is 14.3. The highest BCUT2D eigenvalue weighted by Crippen LogP contribution is 2.47. The van der Waals surface area contributed by atoms with E-state index in [1.165, 1.54) is 0 Å². The van der Waals surface area contributed by atoms with Gasteiger partial charge in [-0.25, -0.2) is 0 Å². The van der Waals surface area contributed by atoms with Crippen LogP contribution in [0.1, 0.15) is 34.0 Å². The molecule has 3 nitrogen and oxygen atoms in total. The lowest BCUT2D eigenvalue weighted by atomic mass is 10.0. The van der Waals surface area contributed by atoms with Crippen molar-refractivity contribution >= 4 is 23.3 Å². The Labute approximate surface area is 166 Å². The lowest BCUT2D eigenvalue weighted by Crippen LogP contribution is -2.23. The SMILES string of the molecule is CCOCc1cc(C)c(C(=O)P(=O)(c2ccccc2)c2ccccc2)c(C)c1. The number of hydrogen-bond acceptors (Lipinski definition) is 3. The van der Waals surface area contributed by atoms with Crippen molar-refractivity contribution in [2.24, 2.45) is 0 Å². The zero-order chi connectivity index (χ0) is 20.1. The molecule has 3 aromatic carbocycles. The zero-order valence-electron chi connectivity index (χ0n) is 16.5. The Kier molecular flexibility index (Phi) is 6.28. The Morgan fingerprint density at radius 2 is 1.32 bits per heavy atom. The summed E-state index contributed by atoms with van der Waals surface area (Å²) in [4.78, 5) is 13.7. The molecule has 28 heavy (non-hydrogen) atoms. The van der Waals surface area contributed by atoms with Crippen molar-refractivity contribution in [2.45, 2.75) is 27.4 Å². The molecule has 0 aliphatic rings. The molecule has 0 aliphatic heterocycles. The van der Waals surface area contributed by atoms with Crippen molar-refractivity contribution in [3.05, 3.63) is 95.1 Å². The third kappa shape index (κ3) is 3.87. The van der Waals surface area contributed by atoms with Crippen molar-refractivity contribution < 1.29 is 14.1 Å². The Morgan fingerprint density at radius 1 is 0.857 bits per heavy atom. The van der Waals surface area contributed by atoms with Crippen LogP contribution in [0.15, 0.2) is 72.8 Å². The third-order valence-corrected chi connectivity index (χ3v) is 7.65. The third-order valence-electron chi connectivity index (χ3n) is 4.80. The molecule has 0 atom stereocenters. The lowest BCUT2D eigenvalue weighted by molar-refractivity contribution is 0.107. The molecule has 0 spiro atoms. The predicted octanol–water partition coefficient (Wildman–Crippen LogP) is 4.99. The van der Waals surface area contributed by atoms with Gasteiger partial charge in [-0.05, 0) is 37.5 Å². The summed E-state index contributed by atoms with van der Waals surface area (Å²) >= 11 is 0. The maximum atomic E-state index is 14.3. The van der Waals surface area contributed by atoms with Gasteiger partial charge in [0.1, 0.15) is 0 Å². The molecular weight excluding hydrogens is 367 g/mol. The van der Waals surface area contributed by atoms with Gasteiger partial charge in [-0.2, -0.15) is 0 Å². The van der Waals surface area contributed by atoms with Gasteiger partial charge in [0.05, 0.1) is 6.61 Å². The van der Waals surface area contributed by atoms with Crippen molar-refractivity contribution in [1.82, 2.24) is 0 Å². The van der Waals surface area contributed by atoms with E-state index < -0.39 is 7.14 Å². The molecule has 0 bridgehead atoms. The fourth-order valence-corrected chi connectivity index (χ4v) is 6.13. The summed E-state index contributed by atoms with van der Waals surface area (Å²) in [5.74, 6) is 0. The Morgan fingerprint density at radius 3 is 1.75 bits per heavy atom. The standard InChI is InChI=1S/C24H25O3P/c1-4-27-17-20-15-18(2)23(19(3)16-20)24(25)28(26,21-11-7-5-8-12-21)22-13-9-6-10-14-22/h5-16H,4,17H2,1-3H3. The van der Waals surface area contributed by atoms with Crippen LogP contribution in [0.3, 0.4) is 0 Å². The molecule has 0 saturated heterocycles. The first-order valence-corrected chi connectivity index (χ1v) is 11.1. The highest BCUT2D eigenvalue weighted by atomic mass is 31.2. The molecule has 4 heteroatoms. The molecule has 0 unspecified atom stereocenters. The maximum Gasteiger partial charge on any atom is 0.230 e. The van der Waals surface area contributed by atoms with E-state index in [1.54, 1.807) is 24.3 Å². The normalized spacial score (nSPS) is 11.4. The minimum absolute atomic E-state index is 0.317. The highest BCUT2D eigenvalue weighted by molar-refractivity contribution is 7.93. The molecule has 144 valence electrons. The average molecular weight is 392 g/mol. The molecule has 0 saturated carbocycles. The summed E-state index contributed by atoms with van der Waals surface area (Å²) in [6.07, 6.45) is 0. The molecule has 0 aliphatic carbocycles.